The number of hydrogen-bond donors (Lipinski definition) is 0. The Morgan fingerprint density at radius 3 is 1.53 bits per heavy atom. The van der Waals surface area contributed by atoms with Crippen LogP contribution >= 0.6 is 0 Å². The molecule has 0 aliphatic carbocycles. The quantitative estimate of drug-likeness (QED) is 0.148. The Bertz CT molecular complexity index is 3170. The van der Waals surface area contributed by atoms with Crippen molar-refractivity contribution in [3.63, 3.8) is 0 Å². The number of nitrogens with zero attached hydrogens (tertiary/aromatic N) is 2. The standard InChI is InChI=1S/C46H28B2N2O2Si/c1-23-13-27-29-14-24(21-49)16-38-45(29)48(33-10-6-8-12-37(33)51-38)35-19-31-40(53(2,3)4)20-28-30-15-25(22-50)17-39-46(30)47(32-9-5-7-11-36(32)52-39)34-18-26(23)43(41(27)35)44(31)42(28)34/h5-20H,1-4H3. The van der Waals surface area contributed by atoms with E-state index >= 15 is 0 Å². The second-order valence-corrected chi connectivity index (χ2v) is 21.3. The summed E-state index contributed by atoms with van der Waals surface area (Å²) in [6.45, 7) is 9.51. The highest BCUT2D eigenvalue weighted by Gasteiger charge is 2.44. The second kappa shape index (κ2) is 9.58. The monoisotopic (exact) mass is 690 g/mol. The highest BCUT2D eigenvalue weighted by Crippen LogP contribution is 2.47. The van der Waals surface area contributed by atoms with Crippen LogP contribution in [0.25, 0.3) is 54.6 Å². The minimum atomic E-state index is -1.98. The maximum atomic E-state index is 10.3. The number of rotatable bonds is 1. The zero-order chi connectivity index (χ0) is 35.7. The van der Waals surface area contributed by atoms with Gasteiger partial charge in [0.25, 0.3) is 13.4 Å². The first-order valence-corrected chi connectivity index (χ1v) is 21.8. The van der Waals surface area contributed by atoms with Crippen molar-refractivity contribution in [3.05, 3.63) is 114 Å². The number of benzene rings is 8. The molecule has 0 saturated carbocycles. The molecule has 4 heterocycles. The van der Waals surface area contributed by atoms with Gasteiger partial charge in [0.05, 0.1) is 31.3 Å². The fourth-order valence-electron chi connectivity index (χ4n) is 10.4. The maximum Gasteiger partial charge on any atom is 0.252 e. The van der Waals surface area contributed by atoms with E-state index in [0.717, 1.165) is 61.5 Å². The number of aryl methyl sites for hydroxylation is 1. The summed E-state index contributed by atoms with van der Waals surface area (Å²) in [6.07, 6.45) is 0. The molecule has 7 heteroatoms. The fraction of sp³-hybridized carbons (Fsp3) is 0.0870. The Morgan fingerprint density at radius 1 is 0.509 bits per heavy atom. The van der Waals surface area contributed by atoms with Crippen molar-refractivity contribution in [2.45, 2.75) is 26.6 Å². The lowest BCUT2D eigenvalue weighted by Crippen LogP contribution is -2.58. The van der Waals surface area contributed by atoms with Crippen LogP contribution in [0.1, 0.15) is 16.7 Å². The van der Waals surface area contributed by atoms with Crippen LogP contribution in [0.5, 0.6) is 23.0 Å². The van der Waals surface area contributed by atoms with Gasteiger partial charge >= 0.3 is 0 Å². The molecule has 0 bridgehead atoms. The number of ether oxygens (including phenoxy) is 2. The molecule has 0 radical (unpaired) electrons. The van der Waals surface area contributed by atoms with Gasteiger partial charge in [0.1, 0.15) is 23.0 Å². The average molecular weight is 690 g/mol. The molecule has 4 aliphatic heterocycles. The van der Waals surface area contributed by atoms with Gasteiger partial charge in [0.15, 0.2) is 0 Å². The summed E-state index contributed by atoms with van der Waals surface area (Å²) in [5.41, 5.74) is 14.2. The highest BCUT2D eigenvalue weighted by atomic mass is 28.3. The number of nitriles is 2. The highest BCUT2D eigenvalue weighted by molar-refractivity contribution is 7.02. The molecule has 0 N–H and O–H groups in total. The minimum Gasteiger partial charge on any atom is -0.458 e. The van der Waals surface area contributed by atoms with Gasteiger partial charge in [0, 0.05) is 0 Å². The van der Waals surface area contributed by atoms with Gasteiger partial charge in [-0.15, -0.1) is 0 Å². The summed E-state index contributed by atoms with van der Waals surface area (Å²) in [5, 5.41) is 29.7. The van der Waals surface area contributed by atoms with Gasteiger partial charge < -0.3 is 9.47 Å². The lowest BCUT2D eigenvalue weighted by Gasteiger charge is -2.38. The summed E-state index contributed by atoms with van der Waals surface area (Å²) >= 11 is 0. The van der Waals surface area contributed by atoms with Crippen molar-refractivity contribution < 1.29 is 9.47 Å². The smallest absolute Gasteiger partial charge is 0.252 e. The van der Waals surface area contributed by atoms with E-state index in [1.807, 2.05) is 24.3 Å². The molecule has 53 heavy (non-hydrogen) atoms. The molecule has 0 amide bonds. The first-order chi connectivity index (χ1) is 25.7. The molecule has 0 aromatic heterocycles. The van der Waals surface area contributed by atoms with E-state index in [1.165, 1.54) is 59.6 Å². The van der Waals surface area contributed by atoms with Gasteiger partial charge in [-0.05, 0) is 125 Å². The van der Waals surface area contributed by atoms with Gasteiger partial charge in [-0.2, -0.15) is 10.5 Å². The van der Waals surface area contributed by atoms with E-state index in [-0.39, 0.29) is 13.4 Å². The summed E-state index contributed by atoms with van der Waals surface area (Å²) < 4.78 is 13.2. The van der Waals surface area contributed by atoms with Crippen LogP contribution in [0, 0.1) is 29.6 Å². The third kappa shape index (κ3) is 3.51. The molecule has 0 atom stereocenters. The molecule has 0 spiro atoms. The second-order valence-electron chi connectivity index (χ2n) is 16.2. The maximum absolute atomic E-state index is 10.3. The first-order valence-electron chi connectivity index (χ1n) is 18.3. The van der Waals surface area contributed by atoms with Gasteiger partial charge in [-0.3, -0.25) is 0 Å². The van der Waals surface area contributed by atoms with Gasteiger partial charge in [-0.25, -0.2) is 0 Å². The molecule has 12 rings (SSSR count). The van der Waals surface area contributed by atoms with E-state index in [1.54, 1.807) is 0 Å². The third-order valence-corrected chi connectivity index (χ3v) is 14.4. The molecule has 244 valence electrons. The summed E-state index contributed by atoms with van der Waals surface area (Å²) in [4.78, 5) is 0. The predicted octanol–water partition coefficient (Wildman–Crippen LogP) is 6.39. The third-order valence-electron chi connectivity index (χ3n) is 12.4. The van der Waals surface area contributed by atoms with Crippen LogP contribution < -0.4 is 47.4 Å². The normalized spacial score (nSPS) is 13.8. The van der Waals surface area contributed by atoms with Gasteiger partial charge in [0.2, 0.25) is 0 Å². The number of para-hydroxylation sites is 2. The molecule has 4 nitrogen and oxygen atoms in total. The van der Waals surface area contributed by atoms with Crippen LogP contribution in [-0.4, -0.2) is 21.5 Å². The Hall–Kier alpha value is -6.27. The molecule has 0 saturated heterocycles. The lowest BCUT2D eigenvalue weighted by molar-refractivity contribution is 0.487. The Morgan fingerprint density at radius 2 is 1.00 bits per heavy atom. The van der Waals surface area contributed by atoms with E-state index in [2.05, 4.69) is 111 Å². The molecule has 8 aromatic rings. The van der Waals surface area contributed by atoms with E-state index < -0.39 is 8.07 Å². The Kier molecular flexibility index (Phi) is 5.30. The van der Waals surface area contributed by atoms with Crippen molar-refractivity contribution in [1.29, 1.82) is 10.5 Å². The fourth-order valence-corrected chi connectivity index (χ4v) is 11.9. The van der Waals surface area contributed by atoms with Crippen LogP contribution in [-0.2, 0) is 0 Å². The molecule has 4 aliphatic rings. The van der Waals surface area contributed by atoms with Crippen LogP contribution in [0.2, 0.25) is 19.6 Å². The summed E-state index contributed by atoms with van der Waals surface area (Å²) in [7, 11) is -1.98. The van der Waals surface area contributed by atoms with E-state index in [0.29, 0.717) is 11.1 Å². The largest absolute Gasteiger partial charge is 0.458 e. The molecule has 8 aromatic carbocycles. The van der Waals surface area contributed by atoms with Crippen molar-refractivity contribution in [2.75, 3.05) is 0 Å². The average Bonchev–Trinajstić information content (AvgIpc) is 3.16. The van der Waals surface area contributed by atoms with Crippen molar-refractivity contribution in [3.8, 4) is 57.4 Å². The van der Waals surface area contributed by atoms with Crippen LogP contribution in [0.3, 0.4) is 0 Å². The van der Waals surface area contributed by atoms with Crippen molar-refractivity contribution >= 4 is 91.8 Å². The molecular weight excluding hydrogens is 662 g/mol. The lowest BCUT2D eigenvalue weighted by atomic mass is 9.32. The Labute approximate surface area is 308 Å². The van der Waals surface area contributed by atoms with Crippen molar-refractivity contribution in [2.24, 2.45) is 0 Å². The number of hydrogen-bond acceptors (Lipinski definition) is 4. The zero-order valence-electron chi connectivity index (χ0n) is 29.6. The van der Waals surface area contributed by atoms with Crippen LogP contribution in [0.4, 0.5) is 0 Å². The van der Waals surface area contributed by atoms with Crippen LogP contribution in [0.15, 0.2) is 97.1 Å². The SMILES string of the molecule is Cc1cc2c3c(cc4c([Si](C)(C)C)cc5c6c(cc1c3c46)B1c3ccccc3Oc3cc(C#N)cc-5c31)B1c3ccccc3Oc3cc(C#N)cc-2c31. The Balaban J connectivity index is 1.34. The zero-order valence-corrected chi connectivity index (χ0v) is 30.6. The van der Waals surface area contributed by atoms with E-state index in [9.17, 15) is 10.5 Å². The topological polar surface area (TPSA) is 66.0 Å². The first kappa shape index (κ1) is 29.3. The van der Waals surface area contributed by atoms with Crippen molar-refractivity contribution in [1.82, 2.24) is 0 Å². The molecule has 0 unspecified atom stereocenters. The van der Waals surface area contributed by atoms with Gasteiger partial charge in [-0.1, -0.05) is 96.4 Å². The predicted molar refractivity (Wildman–Crippen MR) is 221 cm³/mol. The summed E-state index contributed by atoms with van der Waals surface area (Å²) in [6, 6.07) is 39.5. The minimum absolute atomic E-state index is 0.0371. The molecule has 0 fully saturated rings. The molecular formula is C46H28B2N2O2Si. The summed E-state index contributed by atoms with van der Waals surface area (Å²) in [5.74, 6) is 3.24. The number of fused-ring (bicyclic) bond motifs is 8. The van der Waals surface area contributed by atoms with E-state index in [4.69, 9.17) is 9.47 Å².